The van der Waals surface area contributed by atoms with E-state index in [-0.39, 0.29) is 10.1 Å². The van der Waals surface area contributed by atoms with E-state index < -0.39 is 22.0 Å². The number of thiophene rings is 1. The van der Waals surface area contributed by atoms with Crippen LogP contribution in [0.5, 0.6) is 5.06 Å². The largest absolute Gasteiger partial charge is 0.487 e. The van der Waals surface area contributed by atoms with Crippen LogP contribution in [0.4, 0.5) is 0 Å². The van der Waals surface area contributed by atoms with E-state index in [0.29, 0.717) is 5.06 Å². The fraction of sp³-hybridized carbons (Fsp3) is 0.615. The van der Waals surface area contributed by atoms with Gasteiger partial charge >= 0.3 is 5.97 Å². The molecule has 6 nitrogen and oxygen atoms in total. The second kappa shape index (κ2) is 6.76. The molecule has 1 fully saturated rings. The van der Waals surface area contributed by atoms with E-state index in [1.807, 2.05) is 0 Å². The Kier molecular flexibility index (Phi) is 5.23. The molecule has 118 valence electrons. The molecule has 0 bridgehead atoms. The van der Waals surface area contributed by atoms with Gasteiger partial charge in [0.25, 0.3) is 10.0 Å². The molecule has 1 aromatic heterocycles. The second-order valence-electron chi connectivity index (χ2n) is 5.11. The Morgan fingerprint density at radius 3 is 2.57 bits per heavy atom. The van der Waals surface area contributed by atoms with E-state index in [1.165, 1.54) is 13.2 Å². The van der Waals surface area contributed by atoms with E-state index in [4.69, 9.17) is 4.74 Å². The van der Waals surface area contributed by atoms with Crippen LogP contribution in [0.1, 0.15) is 32.1 Å². The lowest BCUT2D eigenvalue weighted by Crippen LogP contribution is -2.46. The lowest BCUT2D eigenvalue weighted by molar-refractivity contribution is -0.140. The maximum Gasteiger partial charge on any atom is 0.322 e. The Morgan fingerprint density at radius 2 is 2.05 bits per heavy atom. The molecule has 0 spiro atoms. The lowest BCUT2D eigenvalue weighted by Gasteiger charge is -2.27. The Morgan fingerprint density at radius 1 is 1.38 bits per heavy atom. The number of carboxylic acid groups (broad SMARTS) is 1. The van der Waals surface area contributed by atoms with Crippen molar-refractivity contribution < 1.29 is 23.1 Å². The third kappa shape index (κ3) is 3.96. The third-order valence-corrected chi connectivity index (χ3v) is 6.67. The minimum Gasteiger partial charge on any atom is -0.487 e. The molecule has 0 amide bonds. The van der Waals surface area contributed by atoms with Crippen LogP contribution in [-0.2, 0) is 14.8 Å². The number of sulfonamides is 1. The van der Waals surface area contributed by atoms with Gasteiger partial charge < -0.3 is 9.84 Å². The van der Waals surface area contributed by atoms with Crippen LogP contribution in [0.25, 0.3) is 0 Å². The van der Waals surface area contributed by atoms with Gasteiger partial charge in [-0.2, -0.15) is 4.72 Å². The summed E-state index contributed by atoms with van der Waals surface area (Å²) in [5.74, 6) is -1.26. The van der Waals surface area contributed by atoms with Crippen molar-refractivity contribution in [3.05, 3.63) is 12.1 Å². The number of methoxy groups -OCH3 is 1. The monoisotopic (exact) mass is 333 g/mol. The predicted molar refractivity (Wildman–Crippen MR) is 79.2 cm³/mol. The number of aliphatic carboxylic acids is 1. The molecule has 0 aliphatic heterocycles. The van der Waals surface area contributed by atoms with E-state index in [1.54, 1.807) is 6.07 Å². The fourth-order valence-electron chi connectivity index (χ4n) is 2.60. The van der Waals surface area contributed by atoms with Gasteiger partial charge in [-0.25, -0.2) is 8.42 Å². The maximum atomic E-state index is 12.3. The summed E-state index contributed by atoms with van der Waals surface area (Å²) in [5.41, 5.74) is 0. The van der Waals surface area contributed by atoms with Gasteiger partial charge in [-0.15, -0.1) is 0 Å². The summed E-state index contributed by atoms with van der Waals surface area (Å²) in [7, 11) is -2.38. The predicted octanol–water partition coefficient (Wildman–Crippen LogP) is 2.07. The van der Waals surface area contributed by atoms with Gasteiger partial charge in [0.2, 0.25) is 0 Å². The molecule has 2 N–H and O–H groups in total. The number of hydrogen-bond acceptors (Lipinski definition) is 5. The number of rotatable bonds is 6. The molecule has 0 unspecified atom stereocenters. The zero-order chi connectivity index (χ0) is 15.5. The molecule has 0 radical (unpaired) electrons. The van der Waals surface area contributed by atoms with Gasteiger partial charge in [0.05, 0.1) is 7.11 Å². The fourth-order valence-corrected chi connectivity index (χ4v) is 4.97. The molecular weight excluding hydrogens is 314 g/mol. The van der Waals surface area contributed by atoms with Gasteiger partial charge in [0, 0.05) is 0 Å². The van der Waals surface area contributed by atoms with Crippen LogP contribution < -0.4 is 9.46 Å². The molecule has 21 heavy (non-hydrogen) atoms. The van der Waals surface area contributed by atoms with Crippen LogP contribution in [0.3, 0.4) is 0 Å². The molecule has 8 heteroatoms. The first-order valence-electron chi connectivity index (χ1n) is 6.83. The first kappa shape index (κ1) is 16.3. The minimum absolute atomic E-state index is 0.0707. The number of hydrogen-bond donors (Lipinski definition) is 2. The zero-order valence-electron chi connectivity index (χ0n) is 11.7. The van der Waals surface area contributed by atoms with Crippen LogP contribution in [0.15, 0.2) is 16.3 Å². The van der Waals surface area contributed by atoms with Gasteiger partial charge in [0.1, 0.15) is 10.3 Å². The van der Waals surface area contributed by atoms with Crippen molar-refractivity contribution in [2.24, 2.45) is 5.92 Å². The van der Waals surface area contributed by atoms with Gasteiger partial charge in [0.15, 0.2) is 5.06 Å². The first-order valence-corrected chi connectivity index (χ1v) is 9.13. The highest BCUT2D eigenvalue weighted by atomic mass is 32.2. The quantitative estimate of drug-likeness (QED) is 0.831. The van der Waals surface area contributed by atoms with E-state index in [9.17, 15) is 18.3 Å². The molecule has 2 rings (SSSR count). The minimum atomic E-state index is -3.84. The summed E-state index contributed by atoms with van der Waals surface area (Å²) in [5, 5.41) is 9.81. The van der Waals surface area contributed by atoms with Crippen LogP contribution >= 0.6 is 11.3 Å². The third-order valence-electron chi connectivity index (χ3n) is 3.69. The summed E-state index contributed by atoms with van der Waals surface area (Å²) in [6.45, 7) is 0. The van der Waals surface area contributed by atoms with Crippen molar-refractivity contribution in [2.75, 3.05) is 7.11 Å². The highest BCUT2D eigenvalue weighted by molar-refractivity contribution is 7.91. The summed E-state index contributed by atoms with van der Waals surface area (Å²) in [4.78, 5) is 11.4. The Labute approximate surface area is 128 Å². The summed E-state index contributed by atoms with van der Waals surface area (Å²) < 4.78 is 32.0. The first-order chi connectivity index (χ1) is 9.94. The Bertz CT molecular complexity index is 589. The van der Waals surface area contributed by atoms with Crippen LogP contribution in [-0.4, -0.2) is 32.6 Å². The molecule has 1 heterocycles. The lowest BCUT2D eigenvalue weighted by atomic mass is 9.84. The van der Waals surface area contributed by atoms with Crippen molar-refractivity contribution in [1.82, 2.24) is 4.72 Å². The normalized spacial score (nSPS) is 18.3. The van der Waals surface area contributed by atoms with Crippen LogP contribution in [0, 0.1) is 5.92 Å². The zero-order valence-corrected chi connectivity index (χ0v) is 13.4. The van der Waals surface area contributed by atoms with E-state index in [2.05, 4.69) is 4.72 Å². The van der Waals surface area contributed by atoms with Crippen molar-refractivity contribution in [3.8, 4) is 5.06 Å². The number of nitrogens with one attached hydrogen (secondary N) is 1. The van der Waals surface area contributed by atoms with Crippen molar-refractivity contribution in [2.45, 2.75) is 42.4 Å². The van der Waals surface area contributed by atoms with Crippen molar-refractivity contribution in [1.29, 1.82) is 0 Å². The van der Waals surface area contributed by atoms with Gasteiger partial charge in [-0.3, -0.25) is 4.79 Å². The smallest absolute Gasteiger partial charge is 0.322 e. The molecule has 1 aliphatic carbocycles. The molecule has 1 aliphatic rings. The maximum absolute atomic E-state index is 12.3. The molecule has 0 aromatic carbocycles. The Hall–Kier alpha value is -1.12. The Balaban J connectivity index is 2.16. The highest BCUT2D eigenvalue weighted by Gasteiger charge is 2.33. The topological polar surface area (TPSA) is 92.7 Å². The van der Waals surface area contributed by atoms with E-state index in [0.717, 1.165) is 43.4 Å². The summed E-state index contributed by atoms with van der Waals surface area (Å²) >= 11 is 0.975. The second-order valence-corrected chi connectivity index (χ2v) is 8.10. The molecular formula is C13H19NO5S2. The molecule has 1 atom stereocenters. The molecule has 0 saturated heterocycles. The standard InChI is InChI=1S/C13H19NO5S2/c1-19-10-7-8-11(20-10)21(17,18)14-12(13(15)16)9-5-3-2-4-6-9/h7-9,12,14H,2-6H2,1H3,(H,15,16)/t12-/m0/s1. The van der Waals surface area contributed by atoms with Crippen LogP contribution in [0.2, 0.25) is 0 Å². The van der Waals surface area contributed by atoms with Crippen molar-refractivity contribution >= 4 is 27.3 Å². The number of ether oxygens (including phenoxy) is 1. The number of carbonyl (C=O) groups is 1. The summed E-state index contributed by atoms with van der Waals surface area (Å²) in [6.07, 6.45) is 4.46. The SMILES string of the molecule is COc1ccc(S(=O)(=O)N[C@H](C(=O)O)C2CCCCC2)s1. The molecule has 1 saturated carbocycles. The highest BCUT2D eigenvalue weighted by Crippen LogP contribution is 2.30. The van der Waals surface area contributed by atoms with Gasteiger partial charge in [-0.05, 0) is 30.9 Å². The average molecular weight is 333 g/mol. The van der Waals surface area contributed by atoms with Crippen molar-refractivity contribution in [3.63, 3.8) is 0 Å². The van der Waals surface area contributed by atoms with Gasteiger partial charge in [-0.1, -0.05) is 30.6 Å². The average Bonchev–Trinajstić information content (AvgIpc) is 2.95. The summed E-state index contributed by atoms with van der Waals surface area (Å²) in [6, 6.07) is 1.91. The molecule has 1 aromatic rings. The van der Waals surface area contributed by atoms with E-state index >= 15 is 0 Å². The number of carboxylic acids is 1.